The van der Waals surface area contributed by atoms with Crippen molar-refractivity contribution in [1.82, 2.24) is 0 Å². The van der Waals surface area contributed by atoms with Crippen LogP contribution < -0.4 is 0 Å². The van der Waals surface area contributed by atoms with Gasteiger partial charge in [-0.1, -0.05) is 0 Å². The first kappa shape index (κ1) is 93.3. The average molecular weight is 108 g/mol. The zero-order valence-corrected chi connectivity index (χ0v) is 2.97. The van der Waals surface area contributed by atoms with Crippen molar-refractivity contribution in [1.29, 1.82) is 0 Å². The average Bonchev–Trinajstić information content (AvgIpc) is 0. The van der Waals surface area contributed by atoms with Crippen LogP contribution in [-0.4, -0.2) is 11.0 Å². The summed E-state index contributed by atoms with van der Waals surface area (Å²) in [6.07, 6.45) is 0. The summed E-state index contributed by atoms with van der Waals surface area (Å²) in [5.74, 6) is 0. The van der Waals surface area contributed by atoms with Crippen molar-refractivity contribution in [2.24, 2.45) is 0 Å². The molecule has 0 saturated heterocycles. The van der Waals surface area contributed by atoms with E-state index >= 15 is 0 Å². The molecule has 0 rings (SSSR count). The summed E-state index contributed by atoms with van der Waals surface area (Å²) < 4.78 is 0. The van der Waals surface area contributed by atoms with E-state index in [2.05, 4.69) is 0 Å². The van der Waals surface area contributed by atoms with Gasteiger partial charge in [-0.15, -0.1) is 0 Å². The van der Waals surface area contributed by atoms with E-state index in [0.717, 1.165) is 0 Å². The molecular formula is CH4OSiTi. The minimum absolute atomic E-state index is 0. The first-order chi connectivity index (χ1) is 0. The maximum Gasteiger partial charge on any atom is 0 e. The SMILES string of the molecule is [C].[O].[SiH4].[Ti]. The Bertz CT molecular complexity index is 8.00. The smallest absolute Gasteiger partial charge is 0 e. The van der Waals surface area contributed by atoms with Crippen LogP contribution in [0.15, 0.2) is 0 Å². The molecule has 0 heterocycles. The maximum atomic E-state index is 0. The van der Waals surface area contributed by atoms with Gasteiger partial charge in [0.1, 0.15) is 0 Å². The van der Waals surface area contributed by atoms with Gasteiger partial charge in [-0.25, -0.2) is 0 Å². The van der Waals surface area contributed by atoms with E-state index in [4.69, 9.17) is 0 Å². The van der Waals surface area contributed by atoms with Crippen LogP contribution in [0.4, 0.5) is 0 Å². The van der Waals surface area contributed by atoms with E-state index in [1.807, 2.05) is 0 Å². The molecule has 0 bridgehead atoms. The van der Waals surface area contributed by atoms with Crippen molar-refractivity contribution >= 4 is 11.0 Å². The van der Waals surface area contributed by atoms with Crippen LogP contribution in [0, 0.1) is 7.43 Å². The van der Waals surface area contributed by atoms with E-state index < -0.39 is 0 Å². The minimum Gasteiger partial charge on any atom is -0.0149 e. The second kappa shape index (κ2) is 41.0. The Morgan fingerprint density at radius 3 is 1.00 bits per heavy atom. The maximum absolute atomic E-state index is 0. The number of hydrogen-bond acceptors (Lipinski definition) is 0. The van der Waals surface area contributed by atoms with Crippen molar-refractivity contribution in [3.63, 3.8) is 0 Å². The van der Waals surface area contributed by atoms with Gasteiger partial charge < -0.3 is 0 Å². The Kier molecular flexibility index (Phi) is 955. The molecule has 4 heavy (non-hydrogen) atoms. The minimum atomic E-state index is 0. The summed E-state index contributed by atoms with van der Waals surface area (Å²) in [6, 6.07) is 0. The Hall–Kier alpha value is 0.891. The van der Waals surface area contributed by atoms with E-state index in [-0.39, 0.29) is 45.6 Å². The predicted octanol–water partition coefficient (Wildman–Crippen LogP) is -1.49. The largest absolute Gasteiger partial charge is 0.0149 e. The third kappa shape index (κ3) is 13.0. The Labute approximate surface area is 46.0 Å². The molecule has 0 aromatic carbocycles. The molecule has 0 fully saturated rings. The molecule has 6 radical (unpaired) electrons. The summed E-state index contributed by atoms with van der Waals surface area (Å²) in [7, 11) is 0. The predicted molar refractivity (Wildman–Crippen MR) is 15.3 cm³/mol. The molecule has 22 valence electrons. The molecule has 0 aliphatic carbocycles. The summed E-state index contributed by atoms with van der Waals surface area (Å²) in [5, 5.41) is 0. The molecule has 0 amide bonds. The second-order valence-corrected chi connectivity index (χ2v) is 0. The van der Waals surface area contributed by atoms with E-state index in [9.17, 15) is 0 Å². The van der Waals surface area contributed by atoms with Gasteiger partial charge in [-0.05, 0) is 11.0 Å². The van der Waals surface area contributed by atoms with Crippen molar-refractivity contribution < 1.29 is 27.2 Å². The van der Waals surface area contributed by atoms with Crippen LogP contribution >= 0.6 is 0 Å². The Morgan fingerprint density at radius 2 is 1.00 bits per heavy atom. The van der Waals surface area contributed by atoms with Crippen molar-refractivity contribution in [2.45, 2.75) is 0 Å². The van der Waals surface area contributed by atoms with E-state index in [1.54, 1.807) is 0 Å². The Morgan fingerprint density at radius 1 is 1.00 bits per heavy atom. The monoisotopic (exact) mass is 108 g/mol. The molecule has 1 nitrogen and oxygen atoms in total. The molecule has 0 aromatic heterocycles. The van der Waals surface area contributed by atoms with E-state index in [1.165, 1.54) is 0 Å². The van der Waals surface area contributed by atoms with Gasteiger partial charge in [-0.3, -0.25) is 0 Å². The third-order valence-corrected chi connectivity index (χ3v) is 0. The Balaban J connectivity index is 0. The number of rotatable bonds is 0. The van der Waals surface area contributed by atoms with Crippen LogP contribution in [0.3, 0.4) is 0 Å². The zero-order valence-electron chi connectivity index (χ0n) is 1.41. The molecule has 0 saturated carbocycles. The first-order valence-electron chi connectivity index (χ1n) is 0. The van der Waals surface area contributed by atoms with Crippen LogP contribution in [0.5, 0.6) is 0 Å². The fourth-order valence-corrected chi connectivity index (χ4v) is 0. The molecule has 0 spiro atoms. The second-order valence-electron chi connectivity index (χ2n) is 0. The van der Waals surface area contributed by atoms with Gasteiger partial charge in [0.15, 0.2) is 0 Å². The zero-order chi connectivity index (χ0) is 0. The summed E-state index contributed by atoms with van der Waals surface area (Å²) in [5.41, 5.74) is 0. The molecule has 0 aliphatic heterocycles. The molecular weight excluding hydrogens is 104 g/mol. The first-order valence-corrected chi connectivity index (χ1v) is 0. The molecule has 0 atom stereocenters. The van der Waals surface area contributed by atoms with Crippen LogP contribution in [0.2, 0.25) is 0 Å². The van der Waals surface area contributed by atoms with Crippen molar-refractivity contribution in [3.05, 3.63) is 7.43 Å². The summed E-state index contributed by atoms with van der Waals surface area (Å²) >= 11 is 0. The van der Waals surface area contributed by atoms with Gasteiger partial charge in [0.05, 0.1) is 0 Å². The summed E-state index contributed by atoms with van der Waals surface area (Å²) in [6.45, 7) is 0. The molecule has 0 aliphatic rings. The molecule has 3 heteroatoms. The van der Waals surface area contributed by atoms with Crippen LogP contribution in [-0.2, 0) is 27.2 Å². The van der Waals surface area contributed by atoms with Gasteiger partial charge in [0.25, 0.3) is 0 Å². The molecule has 0 aromatic rings. The summed E-state index contributed by atoms with van der Waals surface area (Å²) in [4.78, 5) is 0. The van der Waals surface area contributed by atoms with Crippen LogP contribution in [0.25, 0.3) is 0 Å². The fourth-order valence-electron chi connectivity index (χ4n) is 0. The number of hydrogen-bond donors (Lipinski definition) is 0. The van der Waals surface area contributed by atoms with Crippen molar-refractivity contribution in [3.8, 4) is 0 Å². The van der Waals surface area contributed by atoms with Gasteiger partial charge >= 0.3 is 0 Å². The molecule has 0 unspecified atom stereocenters. The van der Waals surface area contributed by atoms with Gasteiger partial charge in [0, 0.05) is 34.6 Å². The van der Waals surface area contributed by atoms with Crippen molar-refractivity contribution in [2.75, 3.05) is 0 Å². The van der Waals surface area contributed by atoms with Gasteiger partial charge in [0.2, 0.25) is 0 Å². The fraction of sp³-hybridized carbons (Fsp3) is 0. The molecule has 0 N–H and O–H groups in total. The third-order valence-electron chi connectivity index (χ3n) is 0. The normalized spacial score (nSPS) is 0. The topological polar surface area (TPSA) is 28.5 Å². The standard InChI is InChI=1S/C.O.H4Si.Ti/h;;1H4;. The quantitative estimate of drug-likeness (QED) is 0.338. The van der Waals surface area contributed by atoms with Gasteiger partial charge in [-0.2, -0.15) is 0 Å². The van der Waals surface area contributed by atoms with Crippen LogP contribution in [0.1, 0.15) is 0 Å². The van der Waals surface area contributed by atoms with E-state index in [0.29, 0.717) is 0 Å².